The highest BCUT2D eigenvalue weighted by molar-refractivity contribution is 9.10. The van der Waals surface area contributed by atoms with Crippen molar-refractivity contribution in [3.8, 4) is 0 Å². The Labute approximate surface area is 133 Å². The standard InChI is InChI=1S/C15H17BrN2O2S/c1-11-4-2-7-14(15(11)16)18-21(19,20)10-13-6-3-5-12(8-13)9-17/h2-8,18H,9-10,17H2,1H3. The molecule has 0 bridgehead atoms. The average molecular weight is 369 g/mol. The fraction of sp³-hybridized carbons (Fsp3) is 0.200. The molecule has 112 valence electrons. The predicted molar refractivity (Wildman–Crippen MR) is 89.5 cm³/mol. The van der Waals surface area contributed by atoms with Crippen LogP contribution in [0.3, 0.4) is 0 Å². The third-order valence-corrected chi connectivity index (χ3v) is 5.34. The summed E-state index contributed by atoms with van der Waals surface area (Å²) in [6.45, 7) is 2.30. The molecule has 4 nitrogen and oxygen atoms in total. The maximum absolute atomic E-state index is 12.3. The van der Waals surface area contributed by atoms with E-state index in [1.807, 2.05) is 37.3 Å². The molecule has 0 aliphatic rings. The Hall–Kier alpha value is -1.37. The molecule has 0 heterocycles. The number of benzene rings is 2. The second-order valence-corrected chi connectivity index (χ2v) is 7.34. The van der Waals surface area contributed by atoms with Crippen LogP contribution >= 0.6 is 15.9 Å². The first-order valence-electron chi connectivity index (χ1n) is 6.45. The maximum Gasteiger partial charge on any atom is 0.236 e. The van der Waals surface area contributed by atoms with Gasteiger partial charge < -0.3 is 5.73 Å². The van der Waals surface area contributed by atoms with E-state index in [1.54, 1.807) is 12.1 Å². The van der Waals surface area contributed by atoms with E-state index in [4.69, 9.17) is 5.73 Å². The molecule has 6 heteroatoms. The summed E-state index contributed by atoms with van der Waals surface area (Å²) in [4.78, 5) is 0. The molecule has 2 rings (SSSR count). The molecule has 0 amide bonds. The van der Waals surface area contributed by atoms with Crippen LogP contribution in [0.5, 0.6) is 0 Å². The van der Waals surface area contributed by atoms with Crippen LogP contribution in [0.25, 0.3) is 0 Å². The van der Waals surface area contributed by atoms with Gasteiger partial charge in [-0.3, -0.25) is 4.72 Å². The Morgan fingerprint density at radius 1 is 1.14 bits per heavy atom. The van der Waals surface area contributed by atoms with Gasteiger partial charge in [0.1, 0.15) is 0 Å². The van der Waals surface area contributed by atoms with Gasteiger partial charge in [-0.25, -0.2) is 8.42 Å². The van der Waals surface area contributed by atoms with E-state index in [0.717, 1.165) is 15.6 Å². The highest BCUT2D eigenvalue weighted by Gasteiger charge is 2.14. The van der Waals surface area contributed by atoms with Gasteiger partial charge in [0.15, 0.2) is 0 Å². The Balaban J connectivity index is 2.20. The van der Waals surface area contributed by atoms with Crippen molar-refractivity contribution in [2.75, 3.05) is 4.72 Å². The lowest BCUT2D eigenvalue weighted by atomic mass is 10.1. The van der Waals surface area contributed by atoms with Crippen molar-refractivity contribution in [1.29, 1.82) is 0 Å². The number of nitrogens with two attached hydrogens (primary N) is 1. The summed E-state index contributed by atoms with van der Waals surface area (Å²) in [5.74, 6) is -0.0821. The minimum absolute atomic E-state index is 0.0821. The van der Waals surface area contributed by atoms with E-state index in [-0.39, 0.29) is 5.75 Å². The number of rotatable bonds is 5. The molecule has 0 unspecified atom stereocenters. The molecule has 0 radical (unpaired) electrons. The molecular weight excluding hydrogens is 352 g/mol. The lowest BCUT2D eigenvalue weighted by Crippen LogP contribution is -2.15. The van der Waals surface area contributed by atoms with Crippen LogP contribution in [0, 0.1) is 6.92 Å². The number of hydrogen-bond donors (Lipinski definition) is 2. The van der Waals surface area contributed by atoms with Crippen molar-refractivity contribution in [3.05, 3.63) is 63.6 Å². The van der Waals surface area contributed by atoms with Crippen molar-refractivity contribution in [3.63, 3.8) is 0 Å². The minimum Gasteiger partial charge on any atom is -0.326 e. The van der Waals surface area contributed by atoms with Crippen LogP contribution in [0.4, 0.5) is 5.69 Å². The van der Waals surface area contributed by atoms with Crippen LogP contribution in [-0.4, -0.2) is 8.42 Å². The van der Waals surface area contributed by atoms with Crippen LogP contribution in [0.1, 0.15) is 16.7 Å². The van der Waals surface area contributed by atoms with Gasteiger partial charge >= 0.3 is 0 Å². The van der Waals surface area contributed by atoms with Gasteiger partial charge in [0.2, 0.25) is 10.0 Å². The second kappa shape index (κ2) is 6.60. The Morgan fingerprint density at radius 2 is 1.81 bits per heavy atom. The van der Waals surface area contributed by atoms with Gasteiger partial charge in [-0.15, -0.1) is 0 Å². The van der Waals surface area contributed by atoms with Gasteiger partial charge in [-0.05, 0) is 45.6 Å². The van der Waals surface area contributed by atoms with E-state index in [9.17, 15) is 8.42 Å². The maximum atomic E-state index is 12.3. The number of anilines is 1. The molecule has 0 saturated heterocycles. The Kier molecular flexibility index (Phi) is 5.03. The molecule has 3 N–H and O–H groups in total. The summed E-state index contributed by atoms with van der Waals surface area (Å²) in [7, 11) is -3.47. The largest absolute Gasteiger partial charge is 0.326 e. The van der Waals surface area contributed by atoms with Crippen LogP contribution < -0.4 is 10.5 Å². The van der Waals surface area contributed by atoms with Crippen LogP contribution in [-0.2, 0) is 22.3 Å². The van der Waals surface area contributed by atoms with Crippen LogP contribution in [0.2, 0.25) is 0 Å². The molecule has 0 fully saturated rings. The summed E-state index contributed by atoms with van der Waals surface area (Å²) in [5.41, 5.74) is 8.72. The summed E-state index contributed by atoms with van der Waals surface area (Å²) >= 11 is 3.40. The van der Waals surface area contributed by atoms with Gasteiger partial charge in [0.05, 0.1) is 11.4 Å². The molecule has 21 heavy (non-hydrogen) atoms. The van der Waals surface area contributed by atoms with Gasteiger partial charge in [-0.1, -0.05) is 36.4 Å². The third-order valence-electron chi connectivity index (χ3n) is 3.04. The first-order valence-corrected chi connectivity index (χ1v) is 8.89. The third kappa shape index (κ3) is 4.30. The molecular formula is C15H17BrN2O2S. The first kappa shape index (κ1) is 16.0. The monoisotopic (exact) mass is 368 g/mol. The predicted octanol–water partition coefficient (Wildman–Crippen LogP) is 3.16. The zero-order valence-electron chi connectivity index (χ0n) is 11.6. The van der Waals surface area contributed by atoms with E-state index < -0.39 is 10.0 Å². The molecule has 0 spiro atoms. The highest BCUT2D eigenvalue weighted by atomic mass is 79.9. The van der Waals surface area contributed by atoms with Crippen molar-refractivity contribution < 1.29 is 8.42 Å². The SMILES string of the molecule is Cc1cccc(NS(=O)(=O)Cc2cccc(CN)c2)c1Br. The fourth-order valence-electron chi connectivity index (χ4n) is 2.00. The van der Waals surface area contributed by atoms with E-state index in [2.05, 4.69) is 20.7 Å². The molecule has 0 aliphatic carbocycles. The number of halogens is 1. The average Bonchev–Trinajstić information content (AvgIpc) is 2.43. The fourth-order valence-corrected chi connectivity index (χ4v) is 3.69. The summed E-state index contributed by atoms with van der Waals surface area (Å²) in [6, 6.07) is 12.7. The highest BCUT2D eigenvalue weighted by Crippen LogP contribution is 2.27. The minimum atomic E-state index is -3.47. The summed E-state index contributed by atoms with van der Waals surface area (Å²) < 4.78 is 27.9. The number of aryl methyl sites for hydroxylation is 1. The van der Waals surface area contributed by atoms with E-state index >= 15 is 0 Å². The Morgan fingerprint density at radius 3 is 2.52 bits per heavy atom. The molecule has 0 atom stereocenters. The molecule has 2 aromatic rings. The van der Waals surface area contributed by atoms with Gasteiger partial charge in [0, 0.05) is 11.0 Å². The van der Waals surface area contributed by atoms with Gasteiger partial charge in [-0.2, -0.15) is 0 Å². The number of nitrogens with one attached hydrogen (secondary N) is 1. The Bertz CT molecular complexity index is 745. The normalized spacial score (nSPS) is 11.4. The first-order chi connectivity index (χ1) is 9.91. The summed E-state index contributed by atoms with van der Waals surface area (Å²) in [5, 5.41) is 0. The van der Waals surface area contributed by atoms with Crippen molar-refractivity contribution in [1.82, 2.24) is 0 Å². The van der Waals surface area contributed by atoms with Crippen molar-refractivity contribution in [2.45, 2.75) is 19.2 Å². The summed E-state index contributed by atoms with van der Waals surface area (Å²) in [6.07, 6.45) is 0. The van der Waals surface area contributed by atoms with Crippen LogP contribution in [0.15, 0.2) is 46.9 Å². The topological polar surface area (TPSA) is 72.2 Å². The van der Waals surface area contributed by atoms with Gasteiger partial charge in [0.25, 0.3) is 0 Å². The molecule has 0 aliphatic heterocycles. The zero-order chi connectivity index (χ0) is 15.5. The molecule has 0 aromatic heterocycles. The van der Waals surface area contributed by atoms with E-state index in [0.29, 0.717) is 17.8 Å². The molecule has 2 aromatic carbocycles. The number of sulfonamides is 1. The smallest absolute Gasteiger partial charge is 0.236 e. The van der Waals surface area contributed by atoms with Crippen molar-refractivity contribution >= 4 is 31.6 Å². The lowest BCUT2D eigenvalue weighted by Gasteiger charge is -2.11. The lowest BCUT2D eigenvalue weighted by molar-refractivity contribution is 0.600. The quantitative estimate of drug-likeness (QED) is 0.851. The zero-order valence-corrected chi connectivity index (χ0v) is 14.0. The second-order valence-electron chi connectivity index (χ2n) is 4.82. The number of hydrogen-bond acceptors (Lipinski definition) is 3. The van der Waals surface area contributed by atoms with E-state index in [1.165, 1.54) is 0 Å². The van der Waals surface area contributed by atoms with Crippen molar-refractivity contribution in [2.24, 2.45) is 5.73 Å². The molecule has 0 saturated carbocycles.